The van der Waals surface area contributed by atoms with E-state index in [9.17, 15) is 5.11 Å². The number of likely N-dealkylation sites (N-methyl/N-ethyl adjacent to an activating group) is 1. The van der Waals surface area contributed by atoms with Gasteiger partial charge in [0.15, 0.2) is 0 Å². The smallest absolute Gasteiger partial charge is 0.0695 e. The van der Waals surface area contributed by atoms with E-state index in [0.717, 1.165) is 31.8 Å². The van der Waals surface area contributed by atoms with E-state index in [-0.39, 0.29) is 6.10 Å². The maximum atomic E-state index is 10.0. The van der Waals surface area contributed by atoms with E-state index in [4.69, 9.17) is 0 Å². The minimum atomic E-state index is -0.111. The summed E-state index contributed by atoms with van der Waals surface area (Å²) in [5.41, 5.74) is 0. The average Bonchev–Trinajstić information content (AvgIpc) is 2.21. The normalized spacial score (nSPS) is 31.3. The monoisotopic (exact) mass is 228 g/mol. The summed E-state index contributed by atoms with van der Waals surface area (Å²) in [7, 11) is 6.37. The quantitative estimate of drug-likeness (QED) is 0.771. The van der Waals surface area contributed by atoms with E-state index in [2.05, 4.69) is 37.9 Å². The van der Waals surface area contributed by atoms with Crippen molar-refractivity contribution < 1.29 is 5.11 Å². The van der Waals surface area contributed by atoms with Crippen molar-refractivity contribution in [1.29, 1.82) is 0 Å². The number of aliphatic hydroxyl groups excluding tert-OH is 1. The summed E-state index contributed by atoms with van der Waals surface area (Å²) in [6, 6.07) is 0.380. The van der Waals surface area contributed by atoms with Gasteiger partial charge in [0.25, 0.3) is 0 Å². The number of aliphatic hydroxyl groups is 1. The molecule has 3 heteroatoms. The molecule has 0 bridgehead atoms. The summed E-state index contributed by atoms with van der Waals surface area (Å²) in [4.78, 5) is 4.57. The molecule has 1 aliphatic rings. The lowest BCUT2D eigenvalue weighted by atomic mass is 9.84. The molecule has 0 radical (unpaired) electrons. The van der Waals surface area contributed by atoms with Crippen LogP contribution >= 0.6 is 0 Å². The second kappa shape index (κ2) is 6.58. The highest BCUT2D eigenvalue weighted by atomic mass is 16.3. The summed E-state index contributed by atoms with van der Waals surface area (Å²) < 4.78 is 0. The zero-order valence-corrected chi connectivity index (χ0v) is 11.3. The predicted octanol–water partition coefficient (Wildman–Crippen LogP) is 1.42. The molecule has 16 heavy (non-hydrogen) atoms. The molecule has 3 unspecified atom stereocenters. The summed E-state index contributed by atoms with van der Waals surface area (Å²) in [6.45, 7) is 4.52. The first-order valence-corrected chi connectivity index (χ1v) is 6.53. The Labute approximate surface area is 100 Å². The zero-order chi connectivity index (χ0) is 12.1. The topological polar surface area (TPSA) is 26.7 Å². The lowest BCUT2D eigenvalue weighted by molar-refractivity contribution is 0.0163. The zero-order valence-electron chi connectivity index (χ0n) is 11.3. The van der Waals surface area contributed by atoms with Gasteiger partial charge in [-0.2, -0.15) is 0 Å². The van der Waals surface area contributed by atoms with Crippen molar-refractivity contribution in [2.45, 2.75) is 44.8 Å². The molecule has 0 aromatic carbocycles. The lowest BCUT2D eigenvalue weighted by Crippen LogP contribution is -2.45. The third-order valence-electron chi connectivity index (χ3n) is 3.73. The first kappa shape index (κ1) is 13.9. The van der Waals surface area contributed by atoms with E-state index >= 15 is 0 Å². The van der Waals surface area contributed by atoms with Crippen LogP contribution in [0.1, 0.15) is 32.6 Å². The van der Waals surface area contributed by atoms with Gasteiger partial charge in [-0.05, 0) is 65.8 Å². The molecule has 0 saturated heterocycles. The SMILES string of the molecule is CC1CCC(O)C(N(C)CCCN(C)C)C1. The first-order chi connectivity index (χ1) is 7.50. The standard InChI is InChI=1S/C13H28N2O/c1-11-6-7-13(16)12(10-11)15(4)9-5-8-14(2)3/h11-13,16H,5-10H2,1-4H3. The molecular weight excluding hydrogens is 200 g/mol. The van der Waals surface area contributed by atoms with Gasteiger partial charge < -0.3 is 14.9 Å². The molecule has 0 aliphatic heterocycles. The third kappa shape index (κ3) is 4.40. The summed E-state index contributed by atoms with van der Waals surface area (Å²) in [6.07, 6.45) is 4.38. The summed E-state index contributed by atoms with van der Waals surface area (Å²) in [5, 5.41) is 10.0. The van der Waals surface area contributed by atoms with Crippen LogP contribution in [0.25, 0.3) is 0 Å². The molecule has 3 atom stereocenters. The molecule has 1 rings (SSSR count). The van der Waals surface area contributed by atoms with Gasteiger partial charge in [0, 0.05) is 6.04 Å². The molecule has 0 aromatic heterocycles. The van der Waals surface area contributed by atoms with Gasteiger partial charge in [-0.25, -0.2) is 0 Å². The van der Waals surface area contributed by atoms with E-state index in [0.29, 0.717) is 6.04 Å². The highest BCUT2D eigenvalue weighted by Crippen LogP contribution is 2.27. The van der Waals surface area contributed by atoms with Gasteiger partial charge in [-0.1, -0.05) is 6.92 Å². The Kier molecular flexibility index (Phi) is 5.73. The van der Waals surface area contributed by atoms with Gasteiger partial charge in [0.2, 0.25) is 0 Å². The maximum Gasteiger partial charge on any atom is 0.0695 e. The van der Waals surface area contributed by atoms with Crippen molar-refractivity contribution in [3.05, 3.63) is 0 Å². The Hall–Kier alpha value is -0.120. The Morgan fingerprint density at radius 3 is 2.44 bits per heavy atom. The van der Waals surface area contributed by atoms with Crippen LogP contribution in [-0.2, 0) is 0 Å². The molecule has 1 aliphatic carbocycles. The number of nitrogens with zero attached hydrogens (tertiary/aromatic N) is 2. The summed E-state index contributed by atoms with van der Waals surface area (Å²) in [5.74, 6) is 0.768. The minimum Gasteiger partial charge on any atom is -0.391 e. The minimum absolute atomic E-state index is 0.111. The molecule has 0 amide bonds. The van der Waals surface area contributed by atoms with Gasteiger partial charge in [0.05, 0.1) is 6.10 Å². The second-order valence-electron chi connectivity index (χ2n) is 5.69. The van der Waals surface area contributed by atoms with Gasteiger partial charge in [0.1, 0.15) is 0 Å². The fraction of sp³-hybridized carbons (Fsp3) is 1.00. The Balaban J connectivity index is 2.30. The van der Waals surface area contributed by atoms with Crippen LogP contribution < -0.4 is 0 Å². The number of hydrogen-bond donors (Lipinski definition) is 1. The Morgan fingerprint density at radius 2 is 1.81 bits per heavy atom. The lowest BCUT2D eigenvalue weighted by Gasteiger charge is -2.38. The molecule has 0 spiro atoms. The van der Waals surface area contributed by atoms with Crippen molar-refractivity contribution in [3.8, 4) is 0 Å². The van der Waals surface area contributed by atoms with E-state index in [1.165, 1.54) is 12.8 Å². The van der Waals surface area contributed by atoms with Crippen LogP contribution in [0.5, 0.6) is 0 Å². The van der Waals surface area contributed by atoms with Gasteiger partial charge in [-0.15, -0.1) is 0 Å². The molecule has 1 N–H and O–H groups in total. The van der Waals surface area contributed by atoms with Crippen molar-refractivity contribution >= 4 is 0 Å². The molecular formula is C13H28N2O. The second-order valence-corrected chi connectivity index (χ2v) is 5.69. The summed E-state index contributed by atoms with van der Waals surface area (Å²) >= 11 is 0. The van der Waals surface area contributed by atoms with Crippen molar-refractivity contribution in [2.24, 2.45) is 5.92 Å². The molecule has 1 saturated carbocycles. The van der Waals surface area contributed by atoms with Crippen LogP contribution in [-0.4, -0.2) is 61.3 Å². The first-order valence-electron chi connectivity index (χ1n) is 6.53. The average molecular weight is 228 g/mol. The molecule has 96 valence electrons. The fourth-order valence-electron chi connectivity index (χ4n) is 2.61. The molecule has 3 nitrogen and oxygen atoms in total. The van der Waals surface area contributed by atoms with Crippen LogP contribution in [0.3, 0.4) is 0 Å². The molecule has 0 heterocycles. The van der Waals surface area contributed by atoms with Gasteiger partial charge >= 0.3 is 0 Å². The fourth-order valence-corrected chi connectivity index (χ4v) is 2.61. The van der Waals surface area contributed by atoms with Crippen LogP contribution in [0, 0.1) is 5.92 Å². The Morgan fingerprint density at radius 1 is 1.12 bits per heavy atom. The van der Waals surface area contributed by atoms with Crippen LogP contribution in [0.15, 0.2) is 0 Å². The van der Waals surface area contributed by atoms with Crippen molar-refractivity contribution in [1.82, 2.24) is 9.80 Å². The molecule has 0 aromatic rings. The number of rotatable bonds is 5. The highest BCUT2D eigenvalue weighted by molar-refractivity contribution is 4.84. The third-order valence-corrected chi connectivity index (χ3v) is 3.73. The van der Waals surface area contributed by atoms with Crippen molar-refractivity contribution in [2.75, 3.05) is 34.2 Å². The van der Waals surface area contributed by atoms with Crippen molar-refractivity contribution in [3.63, 3.8) is 0 Å². The largest absolute Gasteiger partial charge is 0.391 e. The van der Waals surface area contributed by atoms with E-state index in [1.54, 1.807) is 0 Å². The van der Waals surface area contributed by atoms with Crippen LogP contribution in [0.2, 0.25) is 0 Å². The van der Waals surface area contributed by atoms with E-state index in [1.807, 2.05) is 0 Å². The number of hydrogen-bond acceptors (Lipinski definition) is 3. The molecule has 1 fully saturated rings. The highest BCUT2D eigenvalue weighted by Gasteiger charge is 2.29. The van der Waals surface area contributed by atoms with E-state index < -0.39 is 0 Å². The van der Waals surface area contributed by atoms with Gasteiger partial charge in [-0.3, -0.25) is 0 Å². The predicted molar refractivity (Wildman–Crippen MR) is 68.6 cm³/mol. The van der Waals surface area contributed by atoms with Crippen LogP contribution in [0.4, 0.5) is 0 Å². The Bertz CT molecular complexity index is 196. The maximum absolute atomic E-state index is 10.0.